The maximum Gasteiger partial charge on any atom is 0.246 e. The van der Waals surface area contributed by atoms with E-state index < -0.39 is 9.84 Å². The topological polar surface area (TPSA) is 76.2 Å². The summed E-state index contributed by atoms with van der Waals surface area (Å²) < 4.78 is 34.6. The predicted octanol–water partition coefficient (Wildman–Crippen LogP) is 1.19. The van der Waals surface area contributed by atoms with Gasteiger partial charge in [0, 0.05) is 44.7 Å². The maximum absolute atomic E-state index is 12.5. The molecule has 0 aliphatic carbocycles. The Morgan fingerprint density at radius 2 is 1.82 bits per heavy atom. The van der Waals surface area contributed by atoms with Crippen LogP contribution in [0.1, 0.15) is 18.4 Å². The number of amides is 1. The highest BCUT2D eigenvalue weighted by molar-refractivity contribution is 7.91. The SMILES string of the molecule is O=C(/C=C/c1ccc2c(c1)OCCCO2)N1CCN([C@@H]2CCS(=O)(=O)C2)CC1. The van der Waals surface area contributed by atoms with Crippen LogP contribution in [-0.4, -0.2) is 81.1 Å². The lowest BCUT2D eigenvalue weighted by Crippen LogP contribution is -2.52. The van der Waals surface area contributed by atoms with Crippen molar-refractivity contribution >= 4 is 21.8 Å². The summed E-state index contributed by atoms with van der Waals surface area (Å²) in [5.74, 6) is 1.98. The number of sulfone groups is 1. The normalized spacial score (nSPS) is 25.0. The number of carbonyl (C=O) groups excluding carboxylic acids is 1. The standard InChI is InChI=1S/C20H26N2O5S/c23-20(5-3-16-2-4-18-19(14-16)27-12-1-11-26-18)22-9-7-21(8-10-22)17-6-13-28(24,25)15-17/h2-5,14,17H,1,6-13,15H2/b5-3+/t17-/m1/s1. The van der Waals surface area contributed by atoms with Gasteiger partial charge in [0.2, 0.25) is 5.91 Å². The third kappa shape index (κ3) is 4.50. The fraction of sp³-hybridized carbons (Fsp3) is 0.550. The molecular weight excluding hydrogens is 380 g/mol. The highest BCUT2D eigenvalue weighted by Gasteiger charge is 2.34. The van der Waals surface area contributed by atoms with Gasteiger partial charge in [0.05, 0.1) is 24.7 Å². The fourth-order valence-electron chi connectivity index (χ4n) is 3.93. The largest absolute Gasteiger partial charge is 0.490 e. The Morgan fingerprint density at radius 3 is 2.54 bits per heavy atom. The van der Waals surface area contributed by atoms with Gasteiger partial charge < -0.3 is 14.4 Å². The maximum atomic E-state index is 12.5. The van der Waals surface area contributed by atoms with Gasteiger partial charge in [-0.25, -0.2) is 8.42 Å². The first kappa shape index (κ1) is 19.3. The number of carbonyl (C=O) groups is 1. The summed E-state index contributed by atoms with van der Waals surface area (Å²) in [5.41, 5.74) is 0.896. The van der Waals surface area contributed by atoms with Crippen molar-refractivity contribution in [3.05, 3.63) is 29.8 Å². The van der Waals surface area contributed by atoms with E-state index in [0.717, 1.165) is 30.8 Å². The molecule has 0 unspecified atom stereocenters. The molecule has 1 aromatic carbocycles. The molecule has 7 nitrogen and oxygen atoms in total. The number of hydrogen-bond donors (Lipinski definition) is 0. The lowest BCUT2D eigenvalue weighted by molar-refractivity contribution is -0.127. The number of rotatable bonds is 3. The number of nitrogens with zero attached hydrogens (tertiary/aromatic N) is 2. The third-order valence-corrected chi connectivity index (χ3v) is 7.29. The molecule has 2 saturated heterocycles. The summed E-state index contributed by atoms with van der Waals surface area (Å²) in [6.07, 6.45) is 4.96. The smallest absolute Gasteiger partial charge is 0.246 e. The number of benzene rings is 1. The summed E-state index contributed by atoms with van der Waals surface area (Å²) in [5, 5.41) is 0. The first-order chi connectivity index (χ1) is 13.5. The first-order valence-electron chi connectivity index (χ1n) is 9.81. The van der Waals surface area contributed by atoms with Crippen LogP contribution in [0.4, 0.5) is 0 Å². The molecule has 1 amide bonds. The van der Waals surface area contributed by atoms with Gasteiger partial charge in [0.15, 0.2) is 21.3 Å². The number of ether oxygens (including phenoxy) is 2. The molecule has 1 atom stereocenters. The molecule has 152 valence electrons. The van der Waals surface area contributed by atoms with E-state index in [1.54, 1.807) is 12.2 Å². The van der Waals surface area contributed by atoms with Crippen molar-refractivity contribution in [2.75, 3.05) is 50.9 Å². The van der Waals surface area contributed by atoms with Gasteiger partial charge in [-0.15, -0.1) is 0 Å². The van der Waals surface area contributed by atoms with Crippen molar-refractivity contribution in [3.63, 3.8) is 0 Å². The molecule has 4 rings (SSSR count). The summed E-state index contributed by atoms with van der Waals surface area (Å²) >= 11 is 0. The second kappa shape index (κ2) is 8.13. The average Bonchev–Trinajstić information content (AvgIpc) is 2.91. The molecular formula is C20H26N2O5S. The molecule has 3 aliphatic rings. The minimum absolute atomic E-state index is 0.0224. The Morgan fingerprint density at radius 1 is 1.07 bits per heavy atom. The number of hydrogen-bond acceptors (Lipinski definition) is 6. The van der Waals surface area contributed by atoms with Gasteiger partial charge in [0.1, 0.15) is 0 Å². The Labute approximate surface area is 165 Å². The van der Waals surface area contributed by atoms with Crippen molar-refractivity contribution < 1.29 is 22.7 Å². The molecule has 2 fully saturated rings. The van der Waals surface area contributed by atoms with Crippen molar-refractivity contribution in [3.8, 4) is 11.5 Å². The molecule has 0 aromatic heterocycles. The van der Waals surface area contributed by atoms with Gasteiger partial charge in [-0.3, -0.25) is 9.69 Å². The van der Waals surface area contributed by atoms with E-state index in [0.29, 0.717) is 38.5 Å². The molecule has 0 spiro atoms. The van der Waals surface area contributed by atoms with E-state index in [2.05, 4.69) is 4.90 Å². The Bertz CT molecular complexity index is 859. The Kier molecular flexibility index (Phi) is 5.59. The van der Waals surface area contributed by atoms with Gasteiger partial charge in [-0.05, 0) is 30.2 Å². The second-order valence-electron chi connectivity index (χ2n) is 7.51. The zero-order valence-electron chi connectivity index (χ0n) is 15.9. The lowest BCUT2D eigenvalue weighted by atomic mass is 10.1. The molecule has 8 heteroatoms. The lowest BCUT2D eigenvalue weighted by Gasteiger charge is -2.37. The quantitative estimate of drug-likeness (QED) is 0.702. The zero-order chi connectivity index (χ0) is 19.6. The minimum Gasteiger partial charge on any atom is -0.490 e. The Balaban J connectivity index is 1.31. The number of fused-ring (bicyclic) bond motifs is 1. The summed E-state index contributed by atoms with van der Waals surface area (Å²) in [7, 11) is -2.88. The average molecular weight is 407 g/mol. The fourth-order valence-corrected chi connectivity index (χ4v) is 5.69. The van der Waals surface area contributed by atoms with Crippen molar-refractivity contribution in [2.45, 2.75) is 18.9 Å². The van der Waals surface area contributed by atoms with E-state index in [1.165, 1.54) is 0 Å². The zero-order valence-corrected chi connectivity index (χ0v) is 16.7. The summed E-state index contributed by atoms with van der Waals surface area (Å²) in [4.78, 5) is 16.5. The predicted molar refractivity (Wildman–Crippen MR) is 106 cm³/mol. The van der Waals surface area contributed by atoms with Crippen LogP contribution in [0.15, 0.2) is 24.3 Å². The molecule has 0 N–H and O–H groups in total. The van der Waals surface area contributed by atoms with Gasteiger partial charge >= 0.3 is 0 Å². The van der Waals surface area contributed by atoms with Crippen molar-refractivity contribution in [1.82, 2.24) is 9.80 Å². The molecule has 28 heavy (non-hydrogen) atoms. The molecule has 3 heterocycles. The van der Waals surface area contributed by atoms with E-state index in [9.17, 15) is 13.2 Å². The highest BCUT2D eigenvalue weighted by Crippen LogP contribution is 2.30. The van der Waals surface area contributed by atoms with E-state index >= 15 is 0 Å². The van der Waals surface area contributed by atoms with E-state index in [-0.39, 0.29) is 23.5 Å². The van der Waals surface area contributed by atoms with Gasteiger partial charge in [0.25, 0.3) is 0 Å². The van der Waals surface area contributed by atoms with Crippen LogP contribution in [-0.2, 0) is 14.6 Å². The number of piperazine rings is 1. The van der Waals surface area contributed by atoms with Crippen molar-refractivity contribution in [1.29, 1.82) is 0 Å². The summed E-state index contributed by atoms with van der Waals surface area (Å²) in [6.45, 7) is 3.99. The molecule has 3 aliphatic heterocycles. The van der Waals surface area contributed by atoms with Crippen molar-refractivity contribution in [2.24, 2.45) is 0 Å². The van der Waals surface area contributed by atoms with Crippen LogP contribution in [0.25, 0.3) is 6.08 Å². The van der Waals surface area contributed by atoms with Crippen LogP contribution >= 0.6 is 0 Å². The van der Waals surface area contributed by atoms with Gasteiger partial charge in [-0.1, -0.05) is 6.07 Å². The monoisotopic (exact) mass is 406 g/mol. The summed E-state index contributed by atoms with van der Waals surface area (Å²) in [6, 6.07) is 5.79. The second-order valence-corrected chi connectivity index (χ2v) is 9.74. The molecule has 0 bridgehead atoms. The molecule has 1 aromatic rings. The van der Waals surface area contributed by atoms with E-state index in [1.807, 2.05) is 23.1 Å². The van der Waals surface area contributed by atoms with Crippen LogP contribution in [0.5, 0.6) is 11.5 Å². The van der Waals surface area contributed by atoms with Crippen LogP contribution in [0, 0.1) is 0 Å². The third-order valence-electron chi connectivity index (χ3n) is 5.54. The highest BCUT2D eigenvalue weighted by atomic mass is 32.2. The van der Waals surface area contributed by atoms with E-state index in [4.69, 9.17) is 9.47 Å². The first-order valence-corrected chi connectivity index (χ1v) is 11.6. The van der Waals surface area contributed by atoms with Gasteiger partial charge in [-0.2, -0.15) is 0 Å². The minimum atomic E-state index is -2.88. The van der Waals surface area contributed by atoms with Crippen LogP contribution in [0.2, 0.25) is 0 Å². The Hall–Kier alpha value is -2.06. The molecule has 0 saturated carbocycles. The molecule has 0 radical (unpaired) electrons. The van der Waals surface area contributed by atoms with Crippen LogP contribution < -0.4 is 9.47 Å². The van der Waals surface area contributed by atoms with Crippen LogP contribution in [0.3, 0.4) is 0 Å².